The van der Waals surface area contributed by atoms with Crippen molar-refractivity contribution in [2.45, 2.75) is 112 Å². The molecule has 1 aromatic rings. The van der Waals surface area contributed by atoms with Crippen molar-refractivity contribution in [1.29, 1.82) is 0 Å². The maximum Gasteiger partial charge on any atom is 0.407 e. The van der Waals surface area contributed by atoms with E-state index in [-0.39, 0.29) is 12.4 Å². The Labute approximate surface area is 177 Å². The molecule has 2 rings (SSSR count). The molecule has 1 aliphatic rings. The summed E-state index contributed by atoms with van der Waals surface area (Å²) < 4.78 is 10.4. The Balaban J connectivity index is 0.000000658. The lowest BCUT2D eigenvalue weighted by Crippen LogP contribution is -2.34. The average molecular weight is 414 g/mol. The molecule has 2 unspecified atom stereocenters. The van der Waals surface area contributed by atoms with E-state index in [1.807, 2.05) is 0 Å². The summed E-state index contributed by atoms with van der Waals surface area (Å²) in [7, 11) is 0. The number of rotatable bonds is 7. The summed E-state index contributed by atoms with van der Waals surface area (Å²) in [6, 6.07) is 0. The van der Waals surface area contributed by atoms with E-state index >= 15 is 0 Å². The lowest BCUT2D eigenvalue weighted by molar-refractivity contribution is 0.0479. The van der Waals surface area contributed by atoms with Crippen LogP contribution in [0.5, 0.6) is 0 Å². The number of nitrogens with zero attached hydrogens (tertiary/aromatic N) is 2. The summed E-state index contributed by atoms with van der Waals surface area (Å²) >= 11 is 0. The van der Waals surface area contributed by atoms with Crippen molar-refractivity contribution in [1.82, 2.24) is 15.5 Å². The molecule has 1 amide bonds. The monoisotopic (exact) mass is 413 g/mol. The number of nitrogens with one attached hydrogen (secondary N) is 1. The third-order valence-corrected chi connectivity index (χ3v) is 3.98. The second-order valence-corrected chi connectivity index (χ2v) is 8.66. The minimum atomic E-state index is -1.02. The van der Waals surface area contributed by atoms with Gasteiger partial charge in [0.15, 0.2) is 0 Å². The van der Waals surface area contributed by atoms with Crippen molar-refractivity contribution in [2.75, 3.05) is 6.54 Å². The van der Waals surface area contributed by atoms with Gasteiger partial charge in [-0.2, -0.15) is 0 Å². The van der Waals surface area contributed by atoms with Gasteiger partial charge >= 0.3 is 6.09 Å². The van der Waals surface area contributed by atoms with Crippen molar-refractivity contribution in [2.24, 2.45) is 5.92 Å². The molecule has 1 aliphatic carbocycles. The molecule has 1 aromatic heterocycles. The number of carbonyl (C=O) groups is 1. The molecule has 0 radical (unpaired) electrons. The van der Waals surface area contributed by atoms with E-state index < -0.39 is 17.8 Å². The highest BCUT2D eigenvalue weighted by atomic mass is 16.6. The lowest BCUT2D eigenvalue weighted by atomic mass is 10.0. The maximum absolute atomic E-state index is 11.4. The molecule has 1 fully saturated rings. The highest BCUT2D eigenvalue weighted by molar-refractivity contribution is 5.67. The van der Waals surface area contributed by atoms with Gasteiger partial charge in [0, 0.05) is 5.92 Å². The van der Waals surface area contributed by atoms with Crippen LogP contribution in [0.4, 0.5) is 4.79 Å². The molecule has 7 nitrogen and oxygen atoms in total. The zero-order valence-corrected chi connectivity index (χ0v) is 19.7. The van der Waals surface area contributed by atoms with Crippen molar-refractivity contribution in [3.8, 4) is 0 Å². The highest BCUT2D eigenvalue weighted by Crippen LogP contribution is 2.39. The number of aromatic nitrogens is 2. The Morgan fingerprint density at radius 1 is 1.24 bits per heavy atom. The van der Waals surface area contributed by atoms with Gasteiger partial charge in [0.2, 0.25) is 11.8 Å². The van der Waals surface area contributed by atoms with Gasteiger partial charge in [-0.1, -0.05) is 60.3 Å². The molecule has 0 aromatic carbocycles. The van der Waals surface area contributed by atoms with Crippen LogP contribution < -0.4 is 5.32 Å². The van der Waals surface area contributed by atoms with E-state index in [1.54, 1.807) is 20.8 Å². The number of alkyl carbamates (subject to hydrolysis) is 1. The number of hydrogen-bond donors (Lipinski definition) is 2. The minimum Gasteiger partial charge on any atom is -0.444 e. The smallest absolute Gasteiger partial charge is 0.407 e. The predicted molar refractivity (Wildman–Crippen MR) is 116 cm³/mol. The molecule has 0 saturated heterocycles. The third-order valence-electron chi connectivity index (χ3n) is 3.98. The van der Waals surface area contributed by atoms with Gasteiger partial charge in [-0.3, -0.25) is 0 Å². The number of amides is 1. The van der Waals surface area contributed by atoms with Crippen molar-refractivity contribution in [3.05, 3.63) is 11.8 Å². The topological polar surface area (TPSA) is 97.5 Å². The molecule has 29 heavy (non-hydrogen) atoms. The van der Waals surface area contributed by atoms with Crippen LogP contribution in [0.25, 0.3) is 0 Å². The van der Waals surface area contributed by atoms with Gasteiger partial charge < -0.3 is 19.6 Å². The summed E-state index contributed by atoms with van der Waals surface area (Å²) in [6.07, 6.45) is 5.82. The van der Waals surface area contributed by atoms with Gasteiger partial charge in [-0.05, 0) is 39.5 Å². The highest BCUT2D eigenvalue weighted by Gasteiger charge is 2.30. The Hall–Kier alpha value is -1.63. The van der Waals surface area contributed by atoms with Crippen LogP contribution in [0.2, 0.25) is 0 Å². The molecule has 1 heterocycles. The Morgan fingerprint density at radius 2 is 1.83 bits per heavy atom. The lowest BCUT2D eigenvalue weighted by Gasteiger charge is -2.20. The van der Waals surface area contributed by atoms with Crippen LogP contribution in [0.3, 0.4) is 0 Å². The van der Waals surface area contributed by atoms with Crippen LogP contribution in [0.1, 0.15) is 118 Å². The van der Waals surface area contributed by atoms with Crippen molar-refractivity contribution < 1.29 is 19.1 Å². The van der Waals surface area contributed by atoms with Crippen molar-refractivity contribution >= 4 is 6.09 Å². The fourth-order valence-electron chi connectivity index (χ4n) is 2.15. The first-order valence-corrected chi connectivity index (χ1v) is 11.1. The van der Waals surface area contributed by atoms with Gasteiger partial charge in [-0.15, -0.1) is 10.2 Å². The molecule has 2 atom stereocenters. The standard InChI is InChI=1S/C12H19N3O4.C7H16.C3H8/c1-12(2,3)19-11(17)13-6-8(16)10-15-14-9(18-10)7-4-5-7;1-4-6-7(3)5-2;1-3-2/h7-8,16H,4-6H2,1-3H3,(H,13,17);7H,4-6H2,1-3H3;3H2,1-2H3. The molecule has 7 heteroatoms. The minimum absolute atomic E-state index is 0.0266. The van der Waals surface area contributed by atoms with E-state index in [0.717, 1.165) is 18.8 Å². The molecule has 1 saturated carbocycles. The Morgan fingerprint density at radius 3 is 2.24 bits per heavy atom. The molecular formula is C22H43N3O4. The van der Waals surface area contributed by atoms with E-state index in [4.69, 9.17) is 9.15 Å². The number of aliphatic hydroxyl groups excluding tert-OH is 1. The maximum atomic E-state index is 11.4. The fourth-order valence-corrected chi connectivity index (χ4v) is 2.15. The van der Waals surface area contributed by atoms with E-state index in [1.165, 1.54) is 25.7 Å². The molecule has 170 valence electrons. The first-order chi connectivity index (χ1) is 13.6. The molecule has 2 N–H and O–H groups in total. The van der Waals surface area contributed by atoms with E-state index in [2.05, 4.69) is 50.1 Å². The number of aliphatic hydroxyl groups is 1. The summed E-state index contributed by atoms with van der Waals surface area (Å²) in [6.45, 7) is 16.3. The quantitative estimate of drug-likeness (QED) is 0.590. The molecular weight excluding hydrogens is 370 g/mol. The van der Waals surface area contributed by atoms with Crippen LogP contribution in [0.15, 0.2) is 4.42 Å². The first kappa shape index (κ1) is 27.4. The first-order valence-electron chi connectivity index (χ1n) is 11.1. The van der Waals surface area contributed by atoms with Gasteiger partial charge in [-0.25, -0.2) is 4.79 Å². The largest absolute Gasteiger partial charge is 0.444 e. The second-order valence-electron chi connectivity index (χ2n) is 8.66. The molecule has 0 bridgehead atoms. The van der Waals surface area contributed by atoms with Crippen LogP contribution in [0, 0.1) is 5.92 Å². The van der Waals surface area contributed by atoms with E-state index in [0.29, 0.717) is 11.8 Å². The molecule has 0 spiro atoms. The SMILES string of the molecule is CC(C)(C)OC(=O)NCC(O)c1nnc(C2CC2)o1.CCC.CCCC(C)CC. The zero-order valence-electron chi connectivity index (χ0n) is 19.7. The number of carbonyl (C=O) groups excluding carboxylic acids is 1. The fraction of sp³-hybridized carbons (Fsp3) is 0.864. The van der Waals surface area contributed by atoms with Gasteiger partial charge in [0.25, 0.3) is 0 Å². The summed E-state index contributed by atoms with van der Waals surface area (Å²) in [4.78, 5) is 11.4. The normalized spacial score (nSPS) is 15.2. The third kappa shape index (κ3) is 14.1. The molecule has 0 aliphatic heterocycles. The summed E-state index contributed by atoms with van der Waals surface area (Å²) in [5.74, 6) is 1.97. The predicted octanol–water partition coefficient (Wildman–Crippen LogP) is 5.75. The Kier molecular flexibility index (Phi) is 13.6. The number of ether oxygens (including phenoxy) is 1. The van der Waals surface area contributed by atoms with Gasteiger partial charge in [0.1, 0.15) is 11.7 Å². The zero-order chi connectivity index (χ0) is 22.4. The number of hydrogen-bond acceptors (Lipinski definition) is 6. The average Bonchev–Trinajstić information content (AvgIpc) is 3.36. The van der Waals surface area contributed by atoms with Gasteiger partial charge in [0.05, 0.1) is 6.54 Å². The van der Waals surface area contributed by atoms with Crippen LogP contribution in [-0.2, 0) is 4.74 Å². The second kappa shape index (κ2) is 14.4. The summed E-state index contributed by atoms with van der Waals surface area (Å²) in [5, 5.41) is 19.9. The van der Waals surface area contributed by atoms with Crippen molar-refractivity contribution in [3.63, 3.8) is 0 Å². The van der Waals surface area contributed by atoms with Crippen LogP contribution in [-0.4, -0.2) is 33.5 Å². The van der Waals surface area contributed by atoms with E-state index in [9.17, 15) is 9.90 Å². The van der Waals surface area contributed by atoms with Crippen LogP contribution >= 0.6 is 0 Å². The Bertz CT molecular complexity index is 550. The summed E-state index contributed by atoms with van der Waals surface area (Å²) in [5.41, 5.74) is -0.571.